The Balaban J connectivity index is 1.63. The van der Waals surface area contributed by atoms with Gasteiger partial charge in [-0.1, -0.05) is 0 Å². The van der Waals surface area contributed by atoms with Crippen LogP contribution in [0.3, 0.4) is 0 Å². The second-order valence-corrected chi connectivity index (χ2v) is 5.19. The van der Waals surface area contributed by atoms with Crippen molar-refractivity contribution < 1.29 is 9.59 Å². The minimum absolute atomic E-state index is 0.122. The van der Waals surface area contributed by atoms with Gasteiger partial charge in [0, 0.05) is 38.0 Å². The summed E-state index contributed by atoms with van der Waals surface area (Å²) >= 11 is 0. The fourth-order valence-corrected chi connectivity index (χ4v) is 2.51. The summed E-state index contributed by atoms with van der Waals surface area (Å²) in [4.78, 5) is 32.3. The van der Waals surface area contributed by atoms with Crippen LogP contribution in [0.25, 0.3) is 11.0 Å². The van der Waals surface area contributed by atoms with Gasteiger partial charge in [-0.15, -0.1) is 0 Å². The summed E-state index contributed by atoms with van der Waals surface area (Å²) in [5.41, 5.74) is 2.28. The molecule has 0 saturated carbocycles. The number of aromatic nitrogens is 2. The largest absolute Gasteiger partial charge is 0.352 e. The number of nitrogens with one attached hydrogen (secondary N) is 2. The van der Waals surface area contributed by atoms with Crippen LogP contribution < -0.4 is 5.32 Å². The van der Waals surface area contributed by atoms with Gasteiger partial charge in [0.2, 0.25) is 5.91 Å². The first-order valence-electron chi connectivity index (χ1n) is 6.59. The molecule has 104 valence electrons. The van der Waals surface area contributed by atoms with E-state index in [0.717, 1.165) is 11.0 Å². The van der Waals surface area contributed by atoms with Crippen LogP contribution in [-0.2, 0) is 4.79 Å². The maximum atomic E-state index is 12.1. The zero-order valence-corrected chi connectivity index (χ0v) is 11.2. The number of amides is 2. The molecule has 1 aromatic heterocycles. The van der Waals surface area contributed by atoms with Crippen LogP contribution in [0.1, 0.15) is 16.8 Å². The van der Waals surface area contributed by atoms with Crippen LogP contribution in [0.15, 0.2) is 24.5 Å². The molecule has 2 N–H and O–H groups in total. The molecular formula is C14H16N4O2. The number of carbonyl (C=O) groups excluding carboxylic acids is 2. The molecule has 2 heterocycles. The Kier molecular flexibility index (Phi) is 3.14. The van der Waals surface area contributed by atoms with Crippen LogP contribution in [0.4, 0.5) is 0 Å². The first-order chi connectivity index (χ1) is 9.63. The molecule has 0 aliphatic carbocycles. The molecule has 6 heteroatoms. The Morgan fingerprint density at radius 2 is 2.40 bits per heavy atom. The van der Waals surface area contributed by atoms with E-state index in [-0.39, 0.29) is 17.7 Å². The molecule has 0 radical (unpaired) electrons. The minimum atomic E-state index is -0.122. The number of benzene rings is 1. The van der Waals surface area contributed by atoms with Gasteiger partial charge in [-0.2, -0.15) is 0 Å². The number of fused-ring (bicyclic) bond motifs is 1. The highest BCUT2D eigenvalue weighted by Gasteiger charge is 2.26. The second-order valence-electron chi connectivity index (χ2n) is 5.19. The maximum Gasteiger partial charge on any atom is 0.251 e. The number of imidazole rings is 1. The lowest BCUT2D eigenvalue weighted by Crippen LogP contribution is -2.30. The van der Waals surface area contributed by atoms with Crippen molar-refractivity contribution in [2.24, 2.45) is 5.92 Å². The Morgan fingerprint density at radius 1 is 1.55 bits per heavy atom. The lowest BCUT2D eigenvalue weighted by Gasteiger charge is -2.11. The highest BCUT2D eigenvalue weighted by Crippen LogP contribution is 2.15. The lowest BCUT2D eigenvalue weighted by atomic mass is 10.1. The van der Waals surface area contributed by atoms with Crippen molar-refractivity contribution in [3.8, 4) is 0 Å². The average Bonchev–Trinajstić information content (AvgIpc) is 3.02. The monoisotopic (exact) mass is 272 g/mol. The molecule has 0 spiro atoms. The predicted octanol–water partition coefficient (Wildman–Crippen LogP) is 0.771. The fraction of sp³-hybridized carbons (Fsp3) is 0.357. The van der Waals surface area contributed by atoms with Gasteiger partial charge in [-0.25, -0.2) is 4.98 Å². The molecule has 1 aliphatic heterocycles. The number of hydrogen-bond acceptors (Lipinski definition) is 3. The van der Waals surface area contributed by atoms with Gasteiger partial charge in [-0.05, 0) is 18.2 Å². The van der Waals surface area contributed by atoms with Gasteiger partial charge in [0.25, 0.3) is 5.91 Å². The van der Waals surface area contributed by atoms with Gasteiger partial charge in [0.05, 0.1) is 17.4 Å². The number of nitrogens with zero attached hydrogens (tertiary/aromatic N) is 2. The summed E-state index contributed by atoms with van der Waals surface area (Å²) in [6, 6.07) is 5.35. The maximum absolute atomic E-state index is 12.1. The van der Waals surface area contributed by atoms with Crippen molar-refractivity contribution in [2.45, 2.75) is 6.42 Å². The van der Waals surface area contributed by atoms with Crippen molar-refractivity contribution in [1.82, 2.24) is 20.2 Å². The van der Waals surface area contributed by atoms with E-state index in [4.69, 9.17) is 0 Å². The molecule has 6 nitrogen and oxygen atoms in total. The van der Waals surface area contributed by atoms with Crippen LogP contribution in [0.2, 0.25) is 0 Å². The standard InChI is InChI=1S/C14H16N4O2/c1-18-7-9(4-13(18)19)6-15-14(20)10-2-3-11-12(5-10)17-8-16-11/h2-3,5,8-9H,4,6-7H2,1H3,(H,15,20)(H,16,17). The number of H-pyrrole nitrogens is 1. The molecule has 1 unspecified atom stereocenters. The summed E-state index contributed by atoms with van der Waals surface area (Å²) in [7, 11) is 1.79. The summed E-state index contributed by atoms with van der Waals surface area (Å²) in [5, 5.41) is 2.89. The molecule has 2 aromatic rings. The summed E-state index contributed by atoms with van der Waals surface area (Å²) in [6.07, 6.45) is 2.11. The van der Waals surface area contributed by atoms with E-state index in [9.17, 15) is 9.59 Å². The number of likely N-dealkylation sites (tertiary alicyclic amines) is 1. The number of carbonyl (C=O) groups is 2. The van der Waals surface area contributed by atoms with Crippen LogP contribution in [0, 0.1) is 5.92 Å². The van der Waals surface area contributed by atoms with E-state index in [1.165, 1.54) is 0 Å². The first kappa shape index (κ1) is 12.7. The SMILES string of the molecule is CN1CC(CNC(=O)c2ccc3nc[nH]c3c2)CC1=O. The van der Waals surface area contributed by atoms with Crippen molar-refractivity contribution >= 4 is 22.8 Å². The summed E-state index contributed by atoms with van der Waals surface area (Å²) in [6.45, 7) is 1.23. The van der Waals surface area contributed by atoms with E-state index < -0.39 is 0 Å². The topological polar surface area (TPSA) is 78.1 Å². The molecular weight excluding hydrogens is 256 g/mol. The van der Waals surface area contributed by atoms with Crippen molar-refractivity contribution in [2.75, 3.05) is 20.1 Å². The van der Waals surface area contributed by atoms with Crippen molar-refractivity contribution in [3.63, 3.8) is 0 Å². The number of hydrogen-bond donors (Lipinski definition) is 2. The Hall–Kier alpha value is -2.37. The van der Waals surface area contributed by atoms with E-state index in [0.29, 0.717) is 25.1 Å². The third-order valence-corrected chi connectivity index (χ3v) is 3.65. The fourth-order valence-electron chi connectivity index (χ4n) is 2.51. The molecule has 1 aliphatic rings. The van der Waals surface area contributed by atoms with Crippen molar-refractivity contribution in [1.29, 1.82) is 0 Å². The molecule has 2 amide bonds. The summed E-state index contributed by atoms with van der Waals surface area (Å²) in [5.74, 6) is 0.221. The molecule has 0 bridgehead atoms. The van der Waals surface area contributed by atoms with Gasteiger partial charge in [0.1, 0.15) is 0 Å². The molecule has 1 saturated heterocycles. The summed E-state index contributed by atoms with van der Waals surface area (Å²) < 4.78 is 0. The molecule has 1 aromatic carbocycles. The predicted molar refractivity (Wildman–Crippen MR) is 74.2 cm³/mol. The Labute approximate surface area is 116 Å². The third-order valence-electron chi connectivity index (χ3n) is 3.65. The normalized spacial score (nSPS) is 18.8. The van der Waals surface area contributed by atoms with Gasteiger partial charge in [-0.3, -0.25) is 9.59 Å². The van der Waals surface area contributed by atoms with Crippen LogP contribution >= 0.6 is 0 Å². The highest BCUT2D eigenvalue weighted by molar-refractivity contribution is 5.97. The van der Waals surface area contributed by atoms with Gasteiger partial charge < -0.3 is 15.2 Å². The zero-order chi connectivity index (χ0) is 14.1. The lowest BCUT2D eigenvalue weighted by molar-refractivity contribution is -0.126. The molecule has 20 heavy (non-hydrogen) atoms. The minimum Gasteiger partial charge on any atom is -0.352 e. The van der Waals surface area contributed by atoms with E-state index in [1.54, 1.807) is 30.4 Å². The smallest absolute Gasteiger partial charge is 0.251 e. The quantitative estimate of drug-likeness (QED) is 0.866. The third kappa shape index (κ3) is 2.36. The van der Waals surface area contributed by atoms with Crippen LogP contribution in [0.5, 0.6) is 0 Å². The molecule has 3 rings (SSSR count). The zero-order valence-electron chi connectivity index (χ0n) is 11.2. The number of aromatic amines is 1. The van der Waals surface area contributed by atoms with E-state index in [2.05, 4.69) is 15.3 Å². The first-order valence-corrected chi connectivity index (χ1v) is 6.59. The van der Waals surface area contributed by atoms with E-state index >= 15 is 0 Å². The van der Waals surface area contributed by atoms with Crippen molar-refractivity contribution in [3.05, 3.63) is 30.1 Å². The second kappa shape index (κ2) is 4.96. The molecule has 1 atom stereocenters. The number of rotatable bonds is 3. The van der Waals surface area contributed by atoms with Gasteiger partial charge >= 0.3 is 0 Å². The molecule has 1 fully saturated rings. The highest BCUT2D eigenvalue weighted by atomic mass is 16.2. The van der Waals surface area contributed by atoms with Gasteiger partial charge in [0.15, 0.2) is 0 Å². The Bertz CT molecular complexity index is 664. The Morgan fingerprint density at radius 3 is 3.15 bits per heavy atom. The van der Waals surface area contributed by atoms with E-state index in [1.807, 2.05) is 6.07 Å². The van der Waals surface area contributed by atoms with Crippen LogP contribution in [-0.4, -0.2) is 46.8 Å². The average molecular weight is 272 g/mol.